The first-order valence-corrected chi connectivity index (χ1v) is 15.2. The van der Waals surface area contributed by atoms with Crippen molar-refractivity contribution in [3.8, 4) is 11.5 Å². The van der Waals surface area contributed by atoms with Crippen molar-refractivity contribution in [1.29, 1.82) is 0 Å². The summed E-state index contributed by atoms with van der Waals surface area (Å²) in [6.07, 6.45) is 1.53. The lowest BCUT2D eigenvalue weighted by atomic mass is 9.78. The molecular formula is C34H42N2O5S. The number of fused-ring (bicyclic) bond motifs is 1. The van der Waals surface area contributed by atoms with Crippen molar-refractivity contribution in [3.05, 3.63) is 89.6 Å². The van der Waals surface area contributed by atoms with E-state index in [9.17, 15) is 14.7 Å². The molecule has 3 aromatic rings. The van der Waals surface area contributed by atoms with Crippen LogP contribution < -0.4 is 19.6 Å². The largest absolute Gasteiger partial charge is 0.507 e. The molecule has 0 saturated heterocycles. The number of carbonyl (C=O) groups excluding carboxylic acids is 1. The van der Waals surface area contributed by atoms with Gasteiger partial charge in [-0.1, -0.05) is 65.0 Å². The van der Waals surface area contributed by atoms with E-state index in [1.807, 2.05) is 49.4 Å². The van der Waals surface area contributed by atoms with Gasteiger partial charge in [0, 0.05) is 11.1 Å². The number of benzene rings is 2. The van der Waals surface area contributed by atoms with Crippen molar-refractivity contribution in [2.45, 2.75) is 92.2 Å². The average Bonchev–Trinajstić information content (AvgIpc) is 3.17. The minimum atomic E-state index is -0.708. The fourth-order valence-electron chi connectivity index (χ4n) is 5.12. The first-order valence-electron chi connectivity index (χ1n) is 14.4. The van der Waals surface area contributed by atoms with Crippen LogP contribution in [0, 0.1) is 0 Å². The van der Waals surface area contributed by atoms with Crippen molar-refractivity contribution in [2.24, 2.45) is 4.99 Å². The Bertz CT molecular complexity index is 1680. The number of hydrogen-bond acceptors (Lipinski definition) is 7. The molecule has 2 heterocycles. The molecule has 1 aliphatic rings. The quantitative estimate of drug-likeness (QED) is 0.362. The van der Waals surface area contributed by atoms with E-state index in [2.05, 4.69) is 41.5 Å². The van der Waals surface area contributed by atoms with E-state index in [1.54, 1.807) is 25.3 Å². The number of phenols is 1. The summed E-state index contributed by atoms with van der Waals surface area (Å²) in [5, 5.41) is 11.2. The van der Waals surface area contributed by atoms with E-state index in [0.29, 0.717) is 33.0 Å². The van der Waals surface area contributed by atoms with Crippen LogP contribution in [0.15, 0.2) is 57.5 Å². The van der Waals surface area contributed by atoms with E-state index in [0.717, 1.165) is 22.3 Å². The highest BCUT2D eigenvalue weighted by atomic mass is 32.1. The Kier molecular flexibility index (Phi) is 8.61. The van der Waals surface area contributed by atoms with Crippen LogP contribution in [0.1, 0.15) is 97.5 Å². The summed E-state index contributed by atoms with van der Waals surface area (Å²) in [5.74, 6) is 0.493. The molecule has 1 aromatic heterocycles. The number of rotatable bonds is 6. The molecule has 0 spiro atoms. The van der Waals surface area contributed by atoms with E-state index in [4.69, 9.17) is 14.5 Å². The van der Waals surface area contributed by atoms with Gasteiger partial charge in [-0.05, 0) is 80.0 Å². The topological polar surface area (TPSA) is 90.1 Å². The standard InChI is InChI=1S/C34H42N2O5S/c1-11-40-23-14-12-22(13-15-23)28-27(31(39)41-19(2)3)20(4)35-32-36(28)30(38)26(42-32)18-21-16-24(33(5,6)7)29(37)25(17-21)34(8,9)10/h12-19,28,37H,11H2,1-10H3/b26-18+/t28-/m0/s1. The smallest absolute Gasteiger partial charge is 0.338 e. The number of hydrogen-bond donors (Lipinski definition) is 1. The lowest BCUT2D eigenvalue weighted by Crippen LogP contribution is -2.40. The molecule has 224 valence electrons. The highest BCUT2D eigenvalue weighted by Gasteiger charge is 2.34. The zero-order valence-electron chi connectivity index (χ0n) is 26.3. The number of carbonyl (C=O) groups is 1. The number of aromatic nitrogens is 1. The van der Waals surface area contributed by atoms with Gasteiger partial charge in [-0.2, -0.15) is 0 Å². The summed E-state index contributed by atoms with van der Waals surface area (Å²) in [6.45, 7) is 20.2. The molecule has 42 heavy (non-hydrogen) atoms. The number of esters is 1. The summed E-state index contributed by atoms with van der Waals surface area (Å²) >= 11 is 1.28. The maximum atomic E-state index is 14.1. The van der Waals surface area contributed by atoms with Gasteiger partial charge < -0.3 is 14.6 Å². The van der Waals surface area contributed by atoms with E-state index >= 15 is 0 Å². The molecule has 4 rings (SSSR count). The van der Waals surface area contributed by atoms with Crippen LogP contribution in [0.2, 0.25) is 0 Å². The van der Waals surface area contributed by atoms with Crippen LogP contribution in [0.3, 0.4) is 0 Å². The molecule has 0 radical (unpaired) electrons. The van der Waals surface area contributed by atoms with Gasteiger partial charge >= 0.3 is 5.97 Å². The molecule has 2 aromatic carbocycles. The Labute approximate surface area is 251 Å². The second kappa shape index (κ2) is 11.6. The van der Waals surface area contributed by atoms with E-state index in [-0.39, 0.29) is 28.2 Å². The second-order valence-corrected chi connectivity index (χ2v) is 14.0. The van der Waals surface area contributed by atoms with Gasteiger partial charge in [0.2, 0.25) is 0 Å². The van der Waals surface area contributed by atoms with Gasteiger partial charge in [0.05, 0.1) is 34.6 Å². The third kappa shape index (κ3) is 6.24. The maximum absolute atomic E-state index is 14.1. The molecule has 1 N–H and O–H groups in total. The molecule has 1 aliphatic heterocycles. The Balaban J connectivity index is 1.97. The lowest BCUT2D eigenvalue weighted by molar-refractivity contribution is -0.143. The summed E-state index contributed by atoms with van der Waals surface area (Å²) in [5.41, 5.74) is 3.20. The third-order valence-corrected chi connectivity index (χ3v) is 8.12. The maximum Gasteiger partial charge on any atom is 0.338 e. The molecule has 1 atom stereocenters. The number of ether oxygens (including phenoxy) is 2. The summed E-state index contributed by atoms with van der Waals surface area (Å²) in [6, 6.07) is 10.6. The van der Waals surface area contributed by atoms with Crippen LogP contribution in [-0.2, 0) is 20.4 Å². The number of nitrogens with zero attached hydrogens (tertiary/aromatic N) is 2. The molecule has 0 bridgehead atoms. The highest BCUT2D eigenvalue weighted by Crippen LogP contribution is 2.40. The number of phenolic OH excluding ortho intramolecular Hbond substituents is 1. The van der Waals surface area contributed by atoms with Crippen molar-refractivity contribution in [1.82, 2.24) is 4.57 Å². The number of allylic oxidation sites excluding steroid dienone is 1. The summed E-state index contributed by atoms with van der Waals surface area (Å²) in [7, 11) is 0. The molecule has 8 heteroatoms. The van der Waals surface area contributed by atoms with Crippen molar-refractivity contribution in [3.63, 3.8) is 0 Å². The Morgan fingerprint density at radius 3 is 2.14 bits per heavy atom. The minimum absolute atomic E-state index is 0.248. The van der Waals surface area contributed by atoms with Crippen molar-refractivity contribution >= 4 is 23.4 Å². The molecule has 0 amide bonds. The molecule has 0 saturated carbocycles. The predicted octanol–water partition coefficient (Wildman–Crippen LogP) is 5.89. The third-order valence-electron chi connectivity index (χ3n) is 7.14. The molecule has 0 fully saturated rings. The van der Waals surface area contributed by atoms with Crippen molar-refractivity contribution < 1.29 is 19.4 Å². The van der Waals surface area contributed by atoms with Gasteiger partial charge in [0.25, 0.3) is 5.56 Å². The molecule has 0 aliphatic carbocycles. The Morgan fingerprint density at radius 2 is 1.64 bits per heavy atom. The van der Waals surface area contributed by atoms with Crippen LogP contribution in [0.4, 0.5) is 0 Å². The summed E-state index contributed by atoms with van der Waals surface area (Å²) < 4.78 is 13.3. The van der Waals surface area contributed by atoms with Gasteiger partial charge in [-0.25, -0.2) is 9.79 Å². The predicted molar refractivity (Wildman–Crippen MR) is 168 cm³/mol. The zero-order chi connectivity index (χ0) is 31.1. The van der Waals surface area contributed by atoms with Crippen LogP contribution >= 0.6 is 11.3 Å². The van der Waals surface area contributed by atoms with Crippen LogP contribution in [-0.4, -0.2) is 28.4 Å². The Hall–Kier alpha value is -3.65. The van der Waals surface area contributed by atoms with Gasteiger partial charge in [0.15, 0.2) is 4.80 Å². The summed E-state index contributed by atoms with van der Waals surface area (Å²) in [4.78, 5) is 32.7. The normalized spacial score (nSPS) is 16.0. The lowest BCUT2D eigenvalue weighted by Gasteiger charge is -2.27. The SMILES string of the molecule is CCOc1ccc([C@H]2C(C(=O)OC(C)C)=C(C)N=c3s/c(=C/c4cc(C(C)(C)C)c(O)c(C(C)(C)C)c4)c(=O)n32)cc1. The van der Waals surface area contributed by atoms with Crippen LogP contribution in [0.5, 0.6) is 11.5 Å². The molecular weight excluding hydrogens is 548 g/mol. The Morgan fingerprint density at radius 1 is 1.07 bits per heavy atom. The molecule has 0 unspecified atom stereocenters. The van der Waals surface area contributed by atoms with Crippen molar-refractivity contribution in [2.75, 3.05) is 6.61 Å². The van der Waals surface area contributed by atoms with Gasteiger partial charge in [-0.3, -0.25) is 9.36 Å². The number of aromatic hydroxyl groups is 1. The first-order chi connectivity index (χ1) is 19.5. The average molecular weight is 591 g/mol. The van der Waals surface area contributed by atoms with E-state index in [1.165, 1.54) is 11.3 Å². The van der Waals surface area contributed by atoms with Crippen LogP contribution in [0.25, 0.3) is 6.08 Å². The first kappa shape index (κ1) is 31.3. The molecule has 7 nitrogen and oxygen atoms in total. The minimum Gasteiger partial charge on any atom is -0.507 e. The number of thiazole rings is 1. The van der Waals surface area contributed by atoms with Gasteiger partial charge in [-0.15, -0.1) is 0 Å². The van der Waals surface area contributed by atoms with Gasteiger partial charge in [0.1, 0.15) is 11.5 Å². The van der Waals surface area contributed by atoms with E-state index < -0.39 is 12.0 Å². The highest BCUT2D eigenvalue weighted by molar-refractivity contribution is 7.07. The second-order valence-electron chi connectivity index (χ2n) is 13.0. The fraction of sp³-hybridized carbons (Fsp3) is 0.441. The fourth-order valence-corrected chi connectivity index (χ4v) is 6.17. The zero-order valence-corrected chi connectivity index (χ0v) is 27.1. The monoisotopic (exact) mass is 590 g/mol.